The Morgan fingerprint density at radius 2 is 1.96 bits per heavy atom. The Balaban J connectivity index is 1.53. The molecule has 0 saturated carbocycles. The van der Waals surface area contributed by atoms with E-state index in [4.69, 9.17) is 4.74 Å². The first-order valence-corrected chi connectivity index (χ1v) is 8.56. The van der Waals surface area contributed by atoms with Gasteiger partial charge in [-0.1, -0.05) is 29.3 Å². The zero-order valence-electron chi connectivity index (χ0n) is 14.5. The topological polar surface area (TPSA) is 80.2 Å². The van der Waals surface area contributed by atoms with Crippen LogP contribution in [0.25, 0.3) is 0 Å². The molecule has 1 unspecified atom stereocenters. The molecule has 3 heterocycles. The first-order chi connectivity index (χ1) is 11.9. The summed E-state index contributed by atoms with van der Waals surface area (Å²) in [6.07, 6.45) is 0.844. The minimum Gasteiger partial charge on any atom is -0.364 e. The van der Waals surface area contributed by atoms with E-state index in [-0.39, 0.29) is 6.61 Å². The van der Waals surface area contributed by atoms with Gasteiger partial charge in [-0.3, -0.25) is 19.1 Å². The molecule has 1 fully saturated rings. The molecule has 4 rings (SSSR count). The molecule has 7 nitrogen and oxygen atoms in total. The van der Waals surface area contributed by atoms with E-state index in [9.17, 15) is 9.59 Å². The molecule has 2 aromatic rings. The summed E-state index contributed by atoms with van der Waals surface area (Å²) in [4.78, 5) is 26.0. The first kappa shape index (κ1) is 16.2. The molecule has 0 amide bonds. The maximum atomic E-state index is 12.1. The Labute approximate surface area is 145 Å². The molecule has 0 bridgehead atoms. The van der Waals surface area contributed by atoms with Crippen molar-refractivity contribution in [3.05, 3.63) is 61.4 Å². The molecule has 1 aromatic carbocycles. The molecule has 7 heteroatoms. The van der Waals surface area contributed by atoms with Crippen LogP contribution in [0.15, 0.2) is 27.8 Å². The Morgan fingerprint density at radius 3 is 2.72 bits per heavy atom. The normalized spacial score (nSPS) is 23.1. The largest absolute Gasteiger partial charge is 0.364 e. The van der Waals surface area contributed by atoms with Gasteiger partial charge in [-0.25, -0.2) is 5.10 Å². The Bertz CT molecular complexity index is 912. The number of nitrogens with one attached hydrogen (secondary N) is 1. The maximum absolute atomic E-state index is 12.1. The Hall–Kier alpha value is -2.25. The summed E-state index contributed by atoms with van der Waals surface area (Å²) in [6, 6.07) is 6.60. The number of fused-ring (bicyclic) bond motifs is 1. The molecule has 1 spiro atoms. The van der Waals surface area contributed by atoms with E-state index in [2.05, 4.69) is 47.1 Å². The second-order valence-electron chi connectivity index (χ2n) is 7.29. The molecule has 1 atom stereocenters. The zero-order chi connectivity index (χ0) is 17.6. The van der Waals surface area contributed by atoms with Crippen LogP contribution in [0.1, 0.15) is 28.9 Å². The van der Waals surface area contributed by atoms with Gasteiger partial charge in [0.1, 0.15) is 12.2 Å². The van der Waals surface area contributed by atoms with Crippen LogP contribution in [0, 0.1) is 13.8 Å². The van der Waals surface area contributed by atoms with Crippen LogP contribution >= 0.6 is 0 Å². The lowest BCUT2D eigenvalue weighted by atomic mass is 10.0. The van der Waals surface area contributed by atoms with Gasteiger partial charge in [0.05, 0.1) is 6.54 Å². The van der Waals surface area contributed by atoms with Crippen LogP contribution in [0.2, 0.25) is 0 Å². The summed E-state index contributed by atoms with van der Waals surface area (Å²) in [5.41, 5.74) is 2.20. The predicted molar refractivity (Wildman–Crippen MR) is 92.4 cm³/mol. The lowest BCUT2D eigenvalue weighted by Gasteiger charge is -2.34. The summed E-state index contributed by atoms with van der Waals surface area (Å²) >= 11 is 0. The maximum Gasteiger partial charge on any atom is 0.330 e. The standard InChI is InChI=1S/C18H22N4O3/c1-12-5-13(2)7-14(6-12)8-21-4-3-18(10-21)11-22-15(9-25-18)19-20-16(23)17(22)24/h5-7H,3-4,8-11H2,1-2H3,(H,20,23). The highest BCUT2D eigenvalue weighted by Crippen LogP contribution is 2.31. The lowest BCUT2D eigenvalue weighted by Crippen LogP contribution is -2.51. The van der Waals surface area contributed by atoms with Crippen LogP contribution in [-0.4, -0.2) is 38.4 Å². The van der Waals surface area contributed by atoms with Gasteiger partial charge in [-0.2, -0.15) is 5.10 Å². The monoisotopic (exact) mass is 342 g/mol. The number of aryl methyl sites for hydroxylation is 2. The van der Waals surface area contributed by atoms with Gasteiger partial charge in [-0.05, 0) is 25.8 Å². The number of aromatic nitrogens is 3. The van der Waals surface area contributed by atoms with Gasteiger partial charge in [0, 0.05) is 19.6 Å². The predicted octanol–water partition coefficient (Wildman–Crippen LogP) is 0.723. The number of aromatic amines is 1. The summed E-state index contributed by atoms with van der Waals surface area (Å²) in [5.74, 6) is 0.489. The van der Waals surface area contributed by atoms with E-state index in [0.717, 1.165) is 26.1 Å². The number of H-pyrrole nitrogens is 1. The molecule has 25 heavy (non-hydrogen) atoms. The summed E-state index contributed by atoms with van der Waals surface area (Å²) in [6.45, 7) is 7.39. The fraction of sp³-hybridized carbons (Fsp3) is 0.500. The zero-order valence-corrected chi connectivity index (χ0v) is 14.5. The molecular weight excluding hydrogens is 320 g/mol. The van der Waals surface area contributed by atoms with Crippen molar-refractivity contribution in [1.82, 2.24) is 19.7 Å². The summed E-state index contributed by atoms with van der Waals surface area (Å²) in [7, 11) is 0. The van der Waals surface area contributed by atoms with Crippen LogP contribution < -0.4 is 11.1 Å². The molecule has 1 N–H and O–H groups in total. The second-order valence-corrected chi connectivity index (χ2v) is 7.29. The van der Waals surface area contributed by atoms with Crippen molar-refractivity contribution in [1.29, 1.82) is 0 Å². The van der Waals surface area contributed by atoms with Crippen molar-refractivity contribution in [2.45, 2.75) is 45.6 Å². The number of nitrogens with zero attached hydrogens (tertiary/aromatic N) is 3. The number of hydrogen-bond acceptors (Lipinski definition) is 5. The molecule has 0 aliphatic carbocycles. The third kappa shape index (κ3) is 3.05. The second kappa shape index (κ2) is 5.93. The van der Waals surface area contributed by atoms with Crippen molar-refractivity contribution in [2.75, 3.05) is 13.1 Å². The first-order valence-electron chi connectivity index (χ1n) is 8.56. The number of benzene rings is 1. The van der Waals surface area contributed by atoms with Crippen molar-refractivity contribution in [2.24, 2.45) is 0 Å². The molecule has 2 aliphatic heterocycles. The Kier molecular flexibility index (Phi) is 3.85. The van der Waals surface area contributed by atoms with Crippen molar-refractivity contribution in [3.8, 4) is 0 Å². The highest BCUT2D eigenvalue weighted by atomic mass is 16.5. The lowest BCUT2D eigenvalue weighted by molar-refractivity contribution is -0.0853. The van der Waals surface area contributed by atoms with Gasteiger partial charge in [0.15, 0.2) is 5.82 Å². The molecule has 1 aromatic heterocycles. The number of likely N-dealkylation sites (tertiary alicyclic amines) is 1. The van der Waals surface area contributed by atoms with E-state index < -0.39 is 16.7 Å². The van der Waals surface area contributed by atoms with Crippen molar-refractivity contribution < 1.29 is 4.74 Å². The van der Waals surface area contributed by atoms with E-state index in [1.807, 2.05) is 0 Å². The molecule has 2 aliphatic rings. The van der Waals surface area contributed by atoms with Gasteiger partial charge in [0.25, 0.3) is 0 Å². The van der Waals surface area contributed by atoms with Gasteiger partial charge < -0.3 is 4.74 Å². The van der Waals surface area contributed by atoms with E-state index in [1.165, 1.54) is 21.3 Å². The van der Waals surface area contributed by atoms with Crippen LogP contribution in [0.4, 0.5) is 0 Å². The fourth-order valence-electron chi connectivity index (χ4n) is 4.02. The number of hydrogen-bond donors (Lipinski definition) is 1. The van der Waals surface area contributed by atoms with Crippen LogP contribution in [0.3, 0.4) is 0 Å². The average molecular weight is 342 g/mol. The van der Waals surface area contributed by atoms with E-state index in [1.54, 1.807) is 0 Å². The van der Waals surface area contributed by atoms with Crippen molar-refractivity contribution >= 4 is 0 Å². The number of ether oxygens (including phenoxy) is 1. The minimum absolute atomic E-state index is 0.253. The SMILES string of the molecule is Cc1cc(C)cc(CN2CCC3(C2)Cn2c(n[nH]c(=O)c2=O)CO3)c1. The van der Waals surface area contributed by atoms with Gasteiger partial charge >= 0.3 is 11.1 Å². The van der Waals surface area contributed by atoms with Gasteiger partial charge in [-0.15, -0.1) is 0 Å². The summed E-state index contributed by atoms with van der Waals surface area (Å²) in [5, 5.41) is 6.16. The quantitative estimate of drug-likeness (QED) is 0.814. The fourth-order valence-corrected chi connectivity index (χ4v) is 4.02. The molecule has 0 radical (unpaired) electrons. The smallest absolute Gasteiger partial charge is 0.330 e. The molecule has 1 saturated heterocycles. The van der Waals surface area contributed by atoms with Crippen molar-refractivity contribution in [3.63, 3.8) is 0 Å². The van der Waals surface area contributed by atoms with E-state index >= 15 is 0 Å². The van der Waals surface area contributed by atoms with Gasteiger partial charge in [0.2, 0.25) is 0 Å². The van der Waals surface area contributed by atoms with E-state index in [0.29, 0.717) is 12.4 Å². The molecular formula is C18H22N4O3. The van der Waals surface area contributed by atoms with Crippen LogP contribution in [-0.2, 0) is 24.4 Å². The average Bonchev–Trinajstić information content (AvgIpc) is 2.93. The highest BCUT2D eigenvalue weighted by molar-refractivity contribution is 5.28. The third-order valence-corrected chi connectivity index (χ3v) is 5.07. The molecule has 132 valence electrons. The highest BCUT2D eigenvalue weighted by Gasteiger charge is 2.43. The minimum atomic E-state index is -0.675. The van der Waals surface area contributed by atoms with Crippen LogP contribution in [0.5, 0.6) is 0 Å². The third-order valence-electron chi connectivity index (χ3n) is 5.07. The summed E-state index contributed by atoms with van der Waals surface area (Å²) < 4.78 is 7.55. The number of rotatable bonds is 2. The Morgan fingerprint density at radius 1 is 1.20 bits per heavy atom.